The Balaban J connectivity index is 2.60. The van der Waals surface area contributed by atoms with Crippen LogP contribution >= 0.6 is 11.8 Å². The van der Waals surface area contributed by atoms with Crippen molar-refractivity contribution in [3.8, 4) is 6.07 Å². The van der Waals surface area contributed by atoms with E-state index in [2.05, 4.69) is 11.1 Å². The number of nitrogens with two attached hydrogens (primary N) is 1. The molecule has 0 atom stereocenters. The standard InChI is InChI=1S/C19H17N3O2S/c1-12-18(13(2)23)15(9-8-14-6-4-3-5-7-14)16(10-20)19(22-12)25-11-17(21)24/h3-9H,11H2,1-2H3,(H2,21,24). The van der Waals surface area contributed by atoms with Gasteiger partial charge in [0, 0.05) is 11.1 Å². The van der Waals surface area contributed by atoms with Crippen molar-refractivity contribution in [3.63, 3.8) is 0 Å². The molecular formula is C19H17N3O2S. The molecule has 1 heterocycles. The van der Waals surface area contributed by atoms with Crippen LogP contribution in [0.15, 0.2) is 35.4 Å². The van der Waals surface area contributed by atoms with Gasteiger partial charge in [0.15, 0.2) is 5.78 Å². The number of nitrogens with zero attached hydrogens (tertiary/aromatic N) is 2. The first-order chi connectivity index (χ1) is 11.9. The van der Waals surface area contributed by atoms with Crippen LogP contribution < -0.4 is 5.73 Å². The van der Waals surface area contributed by atoms with Crippen molar-refractivity contribution in [3.05, 3.63) is 58.3 Å². The molecule has 0 saturated heterocycles. The Hall–Kier alpha value is -2.91. The van der Waals surface area contributed by atoms with Gasteiger partial charge in [0.1, 0.15) is 11.1 Å². The minimum atomic E-state index is -0.495. The smallest absolute Gasteiger partial charge is 0.227 e. The Labute approximate surface area is 150 Å². The Morgan fingerprint density at radius 2 is 1.96 bits per heavy atom. The number of rotatable bonds is 6. The van der Waals surface area contributed by atoms with Gasteiger partial charge in [-0.1, -0.05) is 54.2 Å². The molecule has 1 aromatic carbocycles. The van der Waals surface area contributed by atoms with Crippen molar-refractivity contribution in [1.29, 1.82) is 5.26 Å². The van der Waals surface area contributed by atoms with E-state index < -0.39 is 5.91 Å². The maximum Gasteiger partial charge on any atom is 0.227 e. The van der Waals surface area contributed by atoms with Crippen LogP contribution in [0.25, 0.3) is 12.2 Å². The van der Waals surface area contributed by atoms with Crippen molar-refractivity contribution >= 4 is 35.6 Å². The van der Waals surface area contributed by atoms with Gasteiger partial charge in [-0.25, -0.2) is 4.98 Å². The fourth-order valence-electron chi connectivity index (χ4n) is 2.41. The lowest BCUT2D eigenvalue weighted by atomic mass is 9.98. The molecule has 2 aromatic rings. The fourth-order valence-corrected chi connectivity index (χ4v) is 3.19. The molecular weight excluding hydrogens is 334 g/mol. The van der Waals surface area contributed by atoms with Crippen LogP contribution in [0.1, 0.15) is 39.7 Å². The maximum atomic E-state index is 12.1. The Morgan fingerprint density at radius 1 is 1.28 bits per heavy atom. The molecule has 6 heteroatoms. The van der Waals surface area contributed by atoms with Crippen LogP contribution in [0.2, 0.25) is 0 Å². The molecule has 0 bridgehead atoms. The summed E-state index contributed by atoms with van der Waals surface area (Å²) >= 11 is 1.10. The number of ketones is 1. The van der Waals surface area contributed by atoms with Crippen molar-refractivity contribution in [2.45, 2.75) is 18.9 Å². The van der Waals surface area contributed by atoms with Crippen molar-refractivity contribution in [2.24, 2.45) is 5.73 Å². The lowest BCUT2D eigenvalue weighted by Gasteiger charge is -2.12. The Morgan fingerprint density at radius 3 is 2.52 bits per heavy atom. The molecule has 2 rings (SSSR count). The minimum absolute atomic E-state index is 0.0162. The summed E-state index contributed by atoms with van der Waals surface area (Å²) in [6.45, 7) is 3.16. The highest BCUT2D eigenvalue weighted by atomic mass is 32.2. The molecule has 0 fully saturated rings. The number of primary amides is 1. The summed E-state index contributed by atoms with van der Waals surface area (Å²) in [5.74, 6) is -0.645. The monoisotopic (exact) mass is 351 g/mol. The molecule has 0 aliphatic heterocycles. The summed E-state index contributed by atoms with van der Waals surface area (Å²) in [5.41, 5.74) is 7.84. The van der Waals surface area contributed by atoms with Gasteiger partial charge in [0.25, 0.3) is 0 Å². The summed E-state index contributed by atoms with van der Waals surface area (Å²) in [6, 6.07) is 11.7. The van der Waals surface area contributed by atoms with Crippen molar-refractivity contribution in [1.82, 2.24) is 4.98 Å². The number of pyridine rings is 1. The number of Topliss-reactive ketones (excluding diaryl/α,β-unsaturated/α-hetero) is 1. The molecule has 126 valence electrons. The topological polar surface area (TPSA) is 96.8 Å². The summed E-state index contributed by atoms with van der Waals surface area (Å²) < 4.78 is 0. The molecule has 0 saturated carbocycles. The number of hydrogen-bond donors (Lipinski definition) is 1. The quantitative estimate of drug-likeness (QED) is 0.636. The third-order valence-electron chi connectivity index (χ3n) is 3.44. The lowest BCUT2D eigenvalue weighted by Crippen LogP contribution is -2.14. The zero-order chi connectivity index (χ0) is 18.4. The summed E-state index contributed by atoms with van der Waals surface area (Å²) in [6.07, 6.45) is 3.58. The number of benzene rings is 1. The van der Waals surface area contributed by atoms with Gasteiger partial charge in [-0.2, -0.15) is 5.26 Å². The van der Waals surface area contributed by atoms with E-state index in [1.807, 2.05) is 36.4 Å². The maximum absolute atomic E-state index is 12.1. The zero-order valence-electron chi connectivity index (χ0n) is 13.9. The fraction of sp³-hybridized carbons (Fsp3) is 0.158. The number of thioether (sulfide) groups is 1. The third kappa shape index (κ3) is 4.55. The number of carbonyl (C=O) groups is 2. The molecule has 0 aliphatic rings. The van der Waals surface area contributed by atoms with E-state index in [9.17, 15) is 14.9 Å². The predicted molar refractivity (Wildman–Crippen MR) is 99.0 cm³/mol. The molecule has 0 spiro atoms. The van der Waals surface area contributed by atoms with E-state index in [1.54, 1.807) is 13.0 Å². The number of hydrogen-bond acceptors (Lipinski definition) is 5. The van der Waals surface area contributed by atoms with E-state index in [-0.39, 0.29) is 17.1 Å². The molecule has 1 amide bonds. The van der Waals surface area contributed by atoms with Gasteiger partial charge >= 0.3 is 0 Å². The highest BCUT2D eigenvalue weighted by Crippen LogP contribution is 2.29. The summed E-state index contributed by atoms with van der Waals surface area (Å²) in [7, 11) is 0. The first kappa shape index (κ1) is 18.4. The Kier molecular flexibility index (Phi) is 6.09. The molecule has 25 heavy (non-hydrogen) atoms. The van der Waals surface area contributed by atoms with E-state index >= 15 is 0 Å². The minimum Gasteiger partial charge on any atom is -0.369 e. The molecule has 0 unspecified atom stereocenters. The second-order valence-corrected chi connectivity index (χ2v) is 6.30. The number of carbonyl (C=O) groups excluding carboxylic acids is 2. The van der Waals surface area contributed by atoms with Gasteiger partial charge in [0.2, 0.25) is 5.91 Å². The van der Waals surface area contributed by atoms with Gasteiger partial charge in [0.05, 0.1) is 17.0 Å². The first-order valence-electron chi connectivity index (χ1n) is 7.54. The second-order valence-electron chi connectivity index (χ2n) is 5.33. The average molecular weight is 351 g/mol. The van der Waals surface area contributed by atoms with Crippen LogP contribution in [0, 0.1) is 18.3 Å². The Bertz CT molecular complexity index is 884. The first-order valence-corrected chi connectivity index (χ1v) is 8.52. The van der Waals surface area contributed by atoms with Crippen molar-refractivity contribution in [2.75, 3.05) is 5.75 Å². The lowest BCUT2D eigenvalue weighted by molar-refractivity contribution is -0.115. The molecule has 5 nitrogen and oxygen atoms in total. The number of amides is 1. The molecule has 2 N–H and O–H groups in total. The highest BCUT2D eigenvalue weighted by molar-refractivity contribution is 8.00. The normalized spacial score (nSPS) is 10.6. The average Bonchev–Trinajstić information content (AvgIpc) is 2.58. The van der Waals surface area contributed by atoms with Crippen LogP contribution in [0.4, 0.5) is 0 Å². The van der Waals surface area contributed by atoms with Crippen LogP contribution in [-0.2, 0) is 4.79 Å². The van der Waals surface area contributed by atoms with Gasteiger partial charge < -0.3 is 5.73 Å². The number of nitriles is 1. The predicted octanol–water partition coefficient (Wildman–Crippen LogP) is 3.21. The zero-order valence-corrected chi connectivity index (χ0v) is 14.8. The van der Waals surface area contributed by atoms with Crippen LogP contribution in [0.5, 0.6) is 0 Å². The number of aromatic nitrogens is 1. The summed E-state index contributed by atoms with van der Waals surface area (Å²) in [4.78, 5) is 27.5. The van der Waals surface area contributed by atoms with Crippen LogP contribution in [-0.4, -0.2) is 22.4 Å². The van der Waals surface area contributed by atoms with Crippen LogP contribution in [0.3, 0.4) is 0 Å². The number of aryl methyl sites for hydroxylation is 1. The van der Waals surface area contributed by atoms with Crippen molar-refractivity contribution < 1.29 is 9.59 Å². The van der Waals surface area contributed by atoms with Gasteiger partial charge in [-0.05, 0) is 19.4 Å². The largest absolute Gasteiger partial charge is 0.369 e. The molecule has 0 aliphatic carbocycles. The summed E-state index contributed by atoms with van der Waals surface area (Å²) in [5, 5.41) is 9.99. The molecule has 0 radical (unpaired) electrons. The SMILES string of the molecule is CC(=O)c1c(C)nc(SCC(N)=O)c(C#N)c1C=Cc1ccccc1. The van der Waals surface area contributed by atoms with E-state index in [4.69, 9.17) is 5.73 Å². The third-order valence-corrected chi connectivity index (χ3v) is 4.44. The highest BCUT2D eigenvalue weighted by Gasteiger charge is 2.19. The van der Waals surface area contributed by atoms with Gasteiger partial charge in [-0.15, -0.1) is 0 Å². The molecule has 1 aromatic heterocycles. The van der Waals surface area contributed by atoms with E-state index in [0.717, 1.165) is 17.3 Å². The van der Waals surface area contributed by atoms with E-state index in [0.29, 0.717) is 21.8 Å². The van der Waals surface area contributed by atoms with Gasteiger partial charge in [-0.3, -0.25) is 9.59 Å². The van der Waals surface area contributed by atoms with E-state index in [1.165, 1.54) is 6.92 Å². The second kappa shape index (κ2) is 8.27.